The summed E-state index contributed by atoms with van der Waals surface area (Å²) in [5.41, 5.74) is 1.07. The fourth-order valence-corrected chi connectivity index (χ4v) is 4.95. The van der Waals surface area contributed by atoms with Crippen LogP contribution >= 0.6 is 27.3 Å². The van der Waals surface area contributed by atoms with Gasteiger partial charge in [0.05, 0.1) is 30.7 Å². The van der Waals surface area contributed by atoms with E-state index >= 15 is 0 Å². The number of carbonyl (C=O) groups is 1. The normalized spacial score (nSPS) is 15.3. The van der Waals surface area contributed by atoms with Crippen LogP contribution in [0.4, 0.5) is 5.13 Å². The van der Waals surface area contributed by atoms with Crippen molar-refractivity contribution >= 4 is 49.3 Å². The summed E-state index contributed by atoms with van der Waals surface area (Å²) in [5.74, 6) is 0.712. The van der Waals surface area contributed by atoms with Crippen LogP contribution in [0.1, 0.15) is 34.6 Å². The zero-order valence-corrected chi connectivity index (χ0v) is 19.5. The first-order valence-electron chi connectivity index (χ1n) is 9.83. The third kappa shape index (κ3) is 3.20. The van der Waals surface area contributed by atoms with Crippen LogP contribution in [0.25, 0.3) is 11.0 Å². The van der Waals surface area contributed by atoms with Gasteiger partial charge >= 0.3 is 0 Å². The van der Waals surface area contributed by atoms with Crippen molar-refractivity contribution in [3.8, 4) is 11.5 Å². The van der Waals surface area contributed by atoms with Gasteiger partial charge in [0, 0.05) is 16.0 Å². The maximum Gasteiger partial charge on any atom is 0.297 e. The van der Waals surface area contributed by atoms with E-state index in [4.69, 9.17) is 13.9 Å². The molecule has 0 N–H and O–H groups in total. The number of fused-ring (bicyclic) bond motifs is 2. The van der Waals surface area contributed by atoms with Crippen molar-refractivity contribution in [2.24, 2.45) is 0 Å². The van der Waals surface area contributed by atoms with E-state index in [1.54, 1.807) is 49.0 Å². The quantitative estimate of drug-likeness (QED) is 0.366. The van der Waals surface area contributed by atoms with Crippen LogP contribution in [-0.2, 0) is 0 Å². The van der Waals surface area contributed by atoms with E-state index in [1.165, 1.54) is 16.2 Å². The smallest absolute Gasteiger partial charge is 0.297 e. The summed E-state index contributed by atoms with van der Waals surface area (Å²) in [7, 11) is 1.55. The first-order valence-corrected chi connectivity index (χ1v) is 11.5. The molecular formula is C23H17BrN2O5S. The molecule has 0 unspecified atom stereocenters. The highest BCUT2D eigenvalue weighted by Gasteiger charge is 2.45. The molecule has 2 aromatic heterocycles. The van der Waals surface area contributed by atoms with Gasteiger partial charge in [-0.05, 0) is 42.8 Å². The molecule has 0 aliphatic carbocycles. The number of benzene rings is 2. The van der Waals surface area contributed by atoms with Gasteiger partial charge in [-0.15, -0.1) is 11.3 Å². The molecule has 9 heteroatoms. The van der Waals surface area contributed by atoms with E-state index < -0.39 is 11.9 Å². The molecule has 0 fully saturated rings. The van der Waals surface area contributed by atoms with Crippen molar-refractivity contribution in [3.63, 3.8) is 0 Å². The van der Waals surface area contributed by atoms with Gasteiger partial charge in [0.2, 0.25) is 5.76 Å². The molecule has 0 saturated heterocycles. The van der Waals surface area contributed by atoms with Crippen LogP contribution in [0.2, 0.25) is 0 Å². The van der Waals surface area contributed by atoms with Gasteiger partial charge in [0.1, 0.15) is 5.58 Å². The highest BCUT2D eigenvalue weighted by Crippen LogP contribution is 2.43. The van der Waals surface area contributed by atoms with Gasteiger partial charge < -0.3 is 13.9 Å². The van der Waals surface area contributed by atoms with Crippen molar-refractivity contribution in [1.82, 2.24) is 4.98 Å². The summed E-state index contributed by atoms with van der Waals surface area (Å²) in [4.78, 5) is 32.9. The van der Waals surface area contributed by atoms with Crippen LogP contribution in [0, 0.1) is 0 Å². The molecule has 1 aliphatic heterocycles. The molecule has 162 valence electrons. The molecule has 32 heavy (non-hydrogen) atoms. The molecular weight excluding hydrogens is 496 g/mol. The lowest BCUT2D eigenvalue weighted by atomic mass is 9.98. The van der Waals surface area contributed by atoms with Gasteiger partial charge in [-0.1, -0.05) is 22.0 Å². The Morgan fingerprint density at radius 3 is 2.75 bits per heavy atom. The minimum absolute atomic E-state index is 0.0258. The van der Waals surface area contributed by atoms with Gasteiger partial charge in [0.15, 0.2) is 22.1 Å². The number of nitrogens with zero attached hydrogens (tertiary/aromatic N) is 2. The summed E-state index contributed by atoms with van der Waals surface area (Å²) < 4.78 is 17.8. The van der Waals surface area contributed by atoms with Crippen molar-refractivity contribution in [2.75, 3.05) is 18.6 Å². The van der Waals surface area contributed by atoms with Gasteiger partial charge in [-0.2, -0.15) is 0 Å². The number of hydrogen-bond acceptors (Lipinski definition) is 7. The first-order chi connectivity index (χ1) is 15.5. The van der Waals surface area contributed by atoms with Crippen LogP contribution in [0.5, 0.6) is 11.5 Å². The number of carbonyl (C=O) groups excluding carboxylic acids is 1. The molecule has 1 amide bonds. The van der Waals surface area contributed by atoms with Crippen LogP contribution in [0.15, 0.2) is 61.7 Å². The molecule has 0 saturated carbocycles. The molecule has 0 spiro atoms. The minimum Gasteiger partial charge on any atom is -0.493 e. The zero-order chi connectivity index (χ0) is 22.4. The molecule has 4 aromatic rings. The second-order valence-corrected chi connectivity index (χ2v) is 8.84. The second kappa shape index (κ2) is 8.07. The number of thiazole rings is 1. The van der Waals surface area contributed by atoms with E-state index in [-0.39, 0.29) is 16.8 Å². The highest BCUT2D eigenvalue weighted by molar-refractivity contribution is 9.10. The van der Waals surface area contributed by atoms with Crippen LogP contribution in [-0.4, -0.2) is 24.6 Å². The Morgan fingerprint density at radius 2 is 2.03 bits per heavy atom. The fraction of sp³-hybridized carbons (Fsp3) is 0.174. The van der Waals surface area contributed by atoms with Gasteiger partial charge in [-0.25, -0.2) is 4.98 Å². The highest BCUT2D eigenvalue weighted by atomic mass is 79.9. The Balaban J connectivity index is 1.78. The minimum atomic E-state index is -0.715. The molecule has 5 rings (SSSR count). The Kier molecular flexibility index (Phi) is 5.22. The molecule has 0 bridgehead atoms. The third-order valence-corrected chi connectivity index (χ3v) is 6.52. The summed E-state index contributed by atoms with van der Waals surface area (Å²) in [6.45, 7) is 2.37. The summed E-state index contributed by atoms with van der Waals surface area (Å²) in [6.07, 6.45) is 1.62. The van der Waals surface area contributed by atoms with Crippen molar-refractivity contribution < 1.29 is 18.7 Å². The monoisotopic (exact) mass is 512 g/mol. The number of amides is 1. The molecule has 1 atom stereocenters. The van der Waals surface area contributed by atoms with Crippen molar-refractivity contribution in [3.05, 3.63) is 79.6 Å². The summed E-state index contributed by atoms with van der Waals surface area (Å²) in [6, 6.07) is 9.81. The Hall–Kier alpha value is -3.17. The van der Waals surface area contributed by atoms with Gasteiger partial charge in [0.25, 0.3) is 5.91 Å². The maximum atomic E-state index is 13.6. The Morgan fingerprint density at radius 1 is 1.19 bits per heavy atom. The number of methoxy groups -OCH3 is 1. The molecule has 7 nitrogen and oxygen atoms in total. The van der Waals surface area contributed by atoms with E-state index in [0.29, 0.717) is 39.8 Å². The fourth-order valence-electron chi connectivity index (χ4n) is 3.92. The molecule has 3 heterocycles. The van der Waals surface area contributed by atoms with Gasteiger partial charge in [-0.3, -0.25) is 14.5 Å². The number of aromatic nitrogens is 1. The van der Waals surface area contributed by atoms with Crippen LogP contribution < -0.4 is 19.8 Å². The first kappa shape index (κ1) is 20.7. The number of anilines is 1. The number of hydrogen-bond donors (Lipinski definition) is 0. The molecule has 1 aliphatic rings. The predicted molar refractivity (Wildman–Crippen MR) is 125 cm³/mol. The Labute approximate surface area is 195 Å². The standard InChI is InChI=1S/C23H17BrN2O5S/c1-3-30-16-6-4-12(10-17(16)29-2)19-18-20(27)14-11-13(24)5-7-15(14)31-21(18)22(28)26(19)23-25-8-9-32-23/h4-11,19H,3H2,1-2H3/t19-/m0/s1. The largest absolute Gasteiger partial charge is 0.493 e. The maximum absolute atomic E-state index is 13.6. The topological polar surface area (TPSA) is 81.9 Å². The zero-order valence-electron chi connectivity index (χ0n) is 17.1. The lowest BCUT2D eigenvalue weighted by molar-refractivity contribution is 0.0971. The predicted octanol–water partition coefficient (Wildman–Crippen LogP) is 5.17. The molecule has 2 aromatic carbocycles. The number of rotatable bonds is 5. The SMILES string of the molecule is CCOc1ccc([C@H]2c3c(oc4ccc(Br)cc4c3=O)C(=O)N2c2nccs2)cc1OC. The summed E-state index contributed by atoms with van der Waals surface area (Å²) in [5, 5.41) is 2.66. The second-order valence-electron chi connectivity index (χ2n) is 7.05. The lowest BCUT2D eigenvalue weighted by Gasteiger charge is -2.23. The Bertz CT molecular complexity index is 1400. The van der Waals surface area contributed by atoms with Crippen molar-refractivity contribution in [2.45, 2.75) is 13.0 Å². The van der Waals surface area contributed by atoms with E-state index in [0.717, 1.165) is 4.47 Å². The summed E-state index contributed by atoms with van der Waals surface area (Å²) >= 11 is 4.72. The number of halogens is 1. The van der Waals surface area contributed by atoms with E-state index in [2.05, 4.69) is 20.9 Å². The van der Waals surface area contributed by atoms with Crippen LogP contribution in [0.3, 0.4) is 0 Å². The van der Waals surface area contributed by atoms with E-state index in [9.17, 15) is 9.59 Å². The third-order valence-electron chi connectivity index (χ3n) is 5.26. The van der Waals surface area contributed by atoms with Crippen molar-refractivity contribution in [1.29, 1.82) is 0 Å². The lowest BCUT2D eigenvalue weighted by Crippen LogP contribution is -2.29. The average Bonchev–Trinajstić information content (AvgIpc) is 3.41. The average molecular weight is 513 g/mol. The van der Waals surface area contributed by atoms with E-state index in [1.807, 2.05) is 13.0 Å². The number of ether oxygens (including phenoxy) is 2. The molecule has 0 radical (unpaired) electrons.